The Bertz CT molecular complexity index is 743. The van der Waals surface area contributed by atoms with Crippen molar-refractivity contribution in [2.45, 2.75) is 25.4 Å². The Labute approximate surface area is 158 Å². The first-order valence-corrected chi connectivity index (χ1v) is 9.13. The summed E-state index contributed by atoms with van der Waals surface area (Å²) in [4.78, 5) is 26.2. The number of amides is 2. The number of piperidine rings is 1. The van der Waals surface area contributed by atoms with Gasteiger partial charge in [-0.15, -0.1) is 0 Å². The number of nitrogens with one attached hydrogen (secondary N) is 1. The van der Waals surface area contributed by atoms with Crippen molar-refractivity contribution in [3.05, 3.63) is 71.8 Å². The Kier molecular flexibility index (Phi) is 6.44. The first-order chi connectivity index (χ1) is 13.2. The predicted octanol–water partition coefficient (Wildman–Crippen LogP) is 3.32. The third kappa shape index (κ3) is 4.86. The molecule has 1 heterocycles. The zero-order valence-corrected chi connectivity index (χ0v) is 15.1. The lowest BCUT2D eigenvalue weighted by Gasteiger charge is -2.34. The van der Waals surface area contributed by atoms with Crippen LogP contribution in [0.1, 0.15) is 29.9 Å². The summed E-state index contributed by atoms with van der Waals surface area (Å²) in [7, 11) is 0. The average Bonchev–Trinajstić information content (AvgIpc) is 2.74. The summed E-state index contributed by atoms with van der Waals surface area (Å²) in [6, 6.07) is 19.0. The van der Waals surface area contributed by atoms with E-state index < -0.39 is 11.8 Å². The van der Waals surface area contributed by atoms with Crippen LogP contribution in [-0.4, -0.2) is 35.2 Å². The molecular formula is C21H24N2O4. The summed E-state index contributed by atoms with van der Waals surface area (Å²) in [5.74, 6) is -0.789. The zero-order valence-electron chi connectivity index (χ0n) is 15.1. The fraction of sp³-hybridized carbons (Fsp3) is 0.333. The number of likely N-dealkylation sites (tertiary alicyclic amines) is 1. The van der Waals surface area contributed by atoms with Crippen molar-refractivity contribution >= 4 is 12.0 Å². The highest BCUT2D eigenvalue weighted by atomic mass is 16.6. The van der Waals surface area contributed by atoms with Gasteiger partial charge in [0.25, 0.3) is 5.91 Å². The second-order valence-corrected chi connectivity index (χ2v) is 6.73. The quantitative estimate of drug-likeness (QED) is 0.627. The molecule has 3 rings (SSSR count). The smallest absolute Gasteiger partial charge is 0.410 e. The fourth-order valence-corrected chi connectivity index (χ4v) is 3.59. The van der Waals surface area contributed by atoms with Gasteiger partial charge in [-0.05, 0) is 29.9 Å². The lowest BCUT2D eigenvalue weighted by atomic mass is 9.79. The van der Waals surface area contributed by atoms with E-state index in [4.69, 9.17) is 9.94 Å². The van der Waals surface area contributed by atoms with Crippen molar-refractivity contribution in [1.82, 2.24) is 10.4 Å². The molecule has 0 radical (unpaired) electrons. The normalized spacial score (nSPS) is 15.8. The van der Waals surface area contributed by atoms with Crippen LogP contribution in [0.2, 0.25) is 0 Å². The van der Waals surface area contributed by atoms with E-state index in [0.29, 0.717) is 25.9 Å². The molecule has 1 unspecified atom stereocenters. The summed E-state index contributed by atoms with van der Waals surface area (Å²) in [6.45, 7) is 1.31. The number of hydroxylamine groups is 1. The molecule has 1 fully saturated rings. The number of ether oxygens (including phenoxy) is 1. The van der Waals surface area contributed by atoms with Gasteiger partial charge in [-0.2, -0.15) is 0 Å². The van der Waals surface area contributed by atoms with E-state index in [2.05, 4.69) is 0 Å². The molecule has 0 bridgehead atoms. The molecule has 1 atom stereocenters. The minimum atomic E-state index is -0.432. The lowest BCUT2D eigenvalue weighted by molar-refractivity contribution is -0.132. The Morgan fingerprint density at radius 1 is 1.04 bits per heavy atom. The molecule has 2 aromatic carbocycles. The first kappa shape index (κ1) is 18.9. The highest BCUT2D eigenvalue weighted by Gasteiger charge is 2.34. The number of carbonyl (C=O) groups excluding carboxylic acids is 2. The van der Waals surface area contributed by atoms with Crippen LogP contribution in [0.5, 0.6) is 0 Å². The molecule has 0 spiro atoms. The maximum atomic E-state index is 12.3. The molecule has 1 aliphatic rings. The third-order valence-corrected chi connectivity index (χ3v) is 5.03. The van der Waals surface area contributed by atoms with Crippen molar-refractivity contribution < 1.29 is 19.5 Å². The van der Waals surface area contributed by atoms with E-state index >= 15 is 0 Å². The van der Waals surface area contributed by atoms with Crippen LogP contribution >= 0.6 is 0 Å². The number of benzene rings is 2. The second-order valence-electron chi connectivity index (χ2n) is 6.73. The summed E-state index contributed by atoms with van der Waals surface area (Å²) in [5.41, 5.74) is 3.61. The van der Waals surface area contributed by atoms with Gasteiger partial charge in [0, 0.05) is 13.1 Å². The predicted molar refractivity (Wildman–Crippen MR) is 100 cm³/mol. The van der Waals surface area contributed by atoms with Crippen LogP contribution in [0.25, 0.3) is 0 Å². The minimum absolute atomic E-state index is 0.0534. The summed E-state index contributed by atoms with van der Waals surface area (Å²) >= 11 is 0. The van der Waals surface area contributed by atoms with Crippen molar-refractivity contribution in [3.63, 3.8) is 0 Å². The van der Waals surface area contributed by atoms with Crippen molar-refractivity contribution in [2.24, 2.45) is 5.92 Å². The Morgan fingerprint density at radius 3 is 2.22 bits per heavy atom. The monoisotopic (exact) mass is 368 g/mol. The van der Waals surface area contributed by atoms with Crippen molar-refractivity contribution in [3.8, 4) is 0 Å². The first-order valence-electron chi connectivity index (χ1n) is 9.13. The Balaban J connectivity index is 1.56. The molecule has 27 heavy (non-hydrogen) atoms. The van der Waals surface area contributed by atoms with Gasteiger partial charge >= 0.3 is 6.09 Å². The second kappa shape index (κ2) is 9.19. The summed E-state index contributed by atoms with van der Waals surface area (Å²) in [6.07, 6.45) is 1.01. The van der Waals surface area contributed by atoms with E-state index in [1.165, 1.54) is 0 Å². The van der Waals surface area contributed by atoms with E-state index in [-0.39, 0.29) is 18.6 Å². The van der Waals surface area contributed by atoms with Gasteiger partial charge in [0.05, 0.1) is 5.92 Å². The molecule has 0 aromatic heterocycles. The van der Waals surface area contributed by atoms with Gasteiger partial charge < -0.3 is 9.64 Å². The van der Waals surface area contributed by atoms with Crippen LogP contribution in [0, 0.1) is 5.92 Å². The molecule has 142 valence electrons. The number of nitrogens with zero attached hydrogens (tertiary/aromatic N) is 1. The van der Waals surface area contributed by atoms with E-state index in [0.717, 1.165) is 11.1 Å². The largest absolute Gasteiger partial charge is 0.445 e. The molecule has 2 amide bonds. The number of rotatable bonds is 5. The van der Waals surface area contributed by atoms with Crippen LogP contribution in [-0.2, 0) is 16.1 Å². The minimum Gasteiger partial charge on any atom is -0.445 e. The van der Waals surface area contributed by atoms with Gasteiger partial charge in [-0.3, -0.25) is 10.0 Å². The number of carbonyl (C=O) groups is 2. The molecule has 2 N–H and O–H groups in total. The maximum Gasteiger partial charge on any atom is 0.410 e. The molecule has 1 saturated heterocycles. The van der Waals surface area contributed by atoms with Crippen LogP contribution in [0.4, 0.5) is 4.79 Å². The van der Waals surface area contributed by atoms with Gasteiger partial charge in [-0.25, -0.2) is 10.3 Å². The van der Waals surface area contributed by atoms with Gasteiger partial charge in [0.2, 0.25) is 0 Å². The van der Waals surface area contributed by atoms with Gasteiger partial charge in [0.1, 0.15) is 6.61 Å². The highest BCUT2D eigenvalue weighted by molar-refractivity contribution is 5.83. The van der Waals surface area contributed by atoms with Crippen LogP contribution < -0.4 is 5.48 Å². The standard InChI is InChI=1S/C21H24N2O4/c24-20(22-26)19(17-9-5-2-6-10-17)18-11-13-23(14-12-18)21(25)27-15-16-7-3-1-4-8-16/h1-10,18-19,26H,11-15H2,(H,22,24). The average molecular weight is 368 g/mol. The van der Waals surface area contributed by atoms with Gasteiger partial charge in [-0.1, -0.05) is 60.7 Å². The molecule has 2 aromatic rings. The van der Waals surface area contributed by atoms with Crippen LogP contribution in [0.3, 0.4) is 0 Å². The topological polar surface area (TPSA) is 78.9 Å². The zero-order chi connectivity index (χ0) is 19.1. The Morgan fingerprint density at radius 2 is 1.63 bits per heavy atom. The molecule has 0 saturated carbocycles. The molecule has 0 aliphatic carbocycles. The van der Waals surface area contributed by atoms with Crippen molar-refractivity contribution in [1.29, 1.82) is 0 Å². The van der Waals surface area contributed by atoms with E-state index in [1.54, 1.807) is 10.4 Å². The highest BCUT2D eigenvalue weighted by Crippen LogP contribution is 2.33. The molecular weight excluding hydrogens is 344 g/mol. The van der Waals surface area contributed by atoms with E-state index in [9.17, 15) is 9.59 Å². The number of hydrogen-bond acceptors (Lipinski definition) is 4. The van der Waals surface area contributed by atoms with Crippen LogP contribution in [0.15, 0.2) is 60.7 Å². The fourth-order valence-electron chi connectivity index (χ4n) is 3.59. The Hall–Kier alpha value is -2.86. The van der Waals surface area contributed by atoms with E-state index in [1.807, 2.05) is 60.7 Å². The summed E-state index contributed by atoms with van der Waals surface area (Å²) in [5, 5.41) is 9.13. The maximum absolute atomic E-state index is 12.3. The lowest BCUT2D eigenvalue weighted by Crippen LogP contribution is -2.42. The molecule has 6 nitrogen and oxygen atoms in total. The van der Waals surface area contributed by atoms with Gasteiger partial charge in [0.15, 0.2) is 0 Å². The van der Waals surface area contributed by atoms with Crippen molar-refractivity contribution in [2.75, 3.05) is 13.1 Å². The number of hydrogen-bond donors (Lipinski definition) is 2. The third-order valence-electron chi connectivity index (χ3n) is 5.03. The SMILES string of the molecule is O=C(NO)C(c1ccccc1)C1CCN(C(=O)OCc2ccccc2)CC1. The molecule has 6 heteroatoms. The summed E-state index contributed by atoms with van der Waals surface area (Å²) < 4.78 is 5.38. The molecule has 1 aliphatic heterocycles.